The van der Waals surface area contributed by atoms with Crippen LogP contribution in [0.3, 0.4) is 0 Å². The van der Waals surface area contributed by atoms with E-state index in [1.54, 1.807) is 11.3 Å². The monoisotopic (exact) mass is 254 g/mol. The molecule has 0 aliphatic rings. The average molecular weight is 254 g/mol. The quantitative estimate of drug-likeness (QED) is 0.845. The van der Waals surface area contributed by atoms with Crippen LogP contribution in [0.5, 0.6) is 0 Å². The molecule has 0 spiro atoms. The normalized spacial score (nSPS) is 14.4. The molecule has 0 saturated carbocycles. The third-order valence-corrected chi connectivity index (χ3v) is 4.27. The molecule has 4 heteroatoms. The van der Waals surface area contributed by atoms with E-state index >= 15 is 0 Å². The molecule has 88 valence electrons. The highest BCUT2D eigenvalue weighted by Gasteiger charge is 2.11. The van der Waals surface area contributed by atoms with Gasteiger partial charge in [0.2, 0.25) is 0 Å². The van der Waals surface area contributed by atoms with Crippen LogP contribution < -0.4 is 5.32 Å². The molecule has 1 heterocycles. The molecule has 1 aromatic heterocycles. The predicted octanol–water partition coefficient (Wildman–Crippen LogP) is 3.41. The number of thiophene rings is 1. The molecular weight excluding hydrogens is 236 g/mol. The van der Waals surface area contributed by atoms with Gasteiger partial charge in [-0.2, -0.15) is 17.0 Å². The van der Waals surface area contributed by atoms with Gasteiger partial charge in [0.05, 0.1) is 0 Å². The Morgan fingerprint density at radius 2 is 2.25 bits per heavy atom. The third-order valence-electron chi connectivity index (χ3n) is 2.45. The maximum atomic E-state index is 8.77. The topological polar surface area (TPSA) is 35.8 Å². The second-order valence-electron chi connectivity index (χ2n) is 3.88. The molecular formula is C12H18N2S2. The lowest BCUT2D eigenvalue weighted by molar-refractivity contribution is 0.476. The smallest absolute Gasteiger partial charge is 0.110 e. The third kappa shape index (κ3) is 4.17. The lowest BCUT2D eigenvalue weighted by Crippen LogP contribution is -2.28. The second-order valence-corrected chi connectivity index (χ2v) is 5.99. The maximum Gasteiger partial charge on any atom is 0.110 e. The highest BCUT2D eigenvalue weighted by Crippen LogP contribution is 2.23. The summed E-state index contributed by atoms with van der Waals surface area (Å²) in [6, 6.07) is 6.97. The van der Waals surface area contributed by atoms with Gasteiger partial charge in [-0.1, -0.05) is 0 Å². The Hall–Kier alpha value is -0.500. The number of nitrogens with zero attached hydrogens (tertiary/aromatic N) is 1. The first kappa shape index (κ1) is 13.6. The van der Waals surface area contributed by atoms with Crippen molar-refractivity contribution in [2.75, 3.05) is 12.0 Å². The van der Waals surface area contributed by atoms with Crippen molar-refractivity contribution in [2.45, 2.75) is 32.4 Å². The van der Waals surface area contributed by atoms with Crippen molar-refractivity contribution in [1.29, 1.82) is 5.26 Å². The zero-order valence-corrected chi connectivity index (χ0v) is 11.6. The summed E-state index contributed by atoms with van der Waals surface area (Å²) in [6.07, 6.45) is 3.32. The van der Waals surface area contributed by atoms with Crippen LogP contribution in [-0.2, 0) is 0 Å². The van der Waals surface area contributed by atoms with Gasteiger partial charge >= 0.3 is 0 Å². The van der Waals surface area contributed by atoms with Crippen LogP contribution in [0.2, 0.25) is 0 Å². The van der Waals surface area contributed by atoms with E-state index in [1.165, 1.54) is 17.1 Å². The van der Waals surface area contributed by atoms with Gasteiger partial charge in [-0.15, -0.1) is 11.3 Å². The van der Waals surface area contributed by atoms with E-state index in [-0.39, 0.29) is 0 Å². The average Bonchev–Trinajstić information content (AvgIpc) is 2.74. The lowest BCUT2D eigenvalue weighted by Gasteiger charge is -2.18. The summed E-state index contributed by atoms with van der Waals surface area (Å²) in [5.74, 6) is 1.19. The summed E-state index contributed by atoms with van der Waals surface area (Å²) in [4.78, 5) is 2.04. The Kier molecular flexibility index (Phi) is 5.89. The van der Waals surface area contributed by atoms with E-state index < -0.39 is 0 Å². The van der Waals surface area contributed by atoms with Crippen molar-refractivity contribution in [3.05, 3.63) is 21.9 Å². The molecule has 2 unspecified atom stereocenters. The van der Waals surface area contributed by atoms with Gasteiger partial charge in [0.25, 0.3) is 0 Å². The molecule has 0 fully saturated rings. The number of nitriles is 1. The minimum Gasteiger partial charge on any atom is -0.307 e. The van der Waals surface area contributed by atoms with E-state index in [0.29, 0.717) is 12.1 Å². The maximum absolute atomic E-state index is 8.77. The Morgan fingerprint density at radius 3 is 2.81 bits per heavy atom. The van der Waals surface area contributed by atoms with Gasteiger partial charge in [0.15, 0.2) is 0 Å². The molecule has 0 amide bonds. The predicted molar refractivity (Wildman–Crippen MR) is 73.0 cm³/mol. The molecule has 2 nitrogen and oxygen atoms in total. The van der Waals surface area contributed by atoms with E-state index in [0.717, 1.165) is 4.88 Å². The molecule has 1 N–H and O–H groups in total. The van der Waals surface area contributed by atoms with Crippen LogP contribution in [0.1, 0.15) is 36.1 Å². The molecule has 0 radical (unpaired) electrons. The Balaban J connectivity index is 2.45. The summed E-state index contributed by atoms with van der Waals surface area (Å²) in [5.41, 5.74) is 0. The molecule has 0 aliphatic heterocycles. The van der Waals surface area contributed by atoms with Crippen LogP contribution in [0, 0.1) is 11.3 Å². The second kappa shape index (κ2) is 6.95. The Bertz CT molecular complexity index is 354. The van der Waals surface area contributed by atoms with Gasteiger partial charge < -0.3 is 5.32 Å². The fourth-order valence-corrected chi connectivity index (χ4v) is 2.94. The molecule has 0 aliphatic carbocycles. The summed E-state index contributed by atoms with van der Waals surface area (Å²) < 4.78 is 0. The zero-order chi connectivity index (χ0) is 12.0. The number of hydrogen-bond acceptors (Lipinski definition) is 4. The first-order chi connectivity index (χ1) is 7.67. The van der Waals surface area contributed by atoms with E-state index in [1.807, 2.05) is 23.9 Å². The minimum atomic E-state index is 0.337. The number of thioether (sulfide) groups is 1. The Labute approximate surface area is 106 Å². The van der Waals surface area contributed by atoms with Crippen molar-refractivity contribution in [3.8, 4) is 6.07 Å². The SMILES string of the molecule is CSCCC(C)NC(C)c1ccc(C#N)s1. The zero-order valence-electron chi connectivity index (χ0n) is 9.99. The van der Waals surface area contributed by atoms with Crippen LogP contribution in [0.25, 0.3) is 0 Å². The first-order valence-corrected chi connectivity index (χ1v) is 7.63. The van der Waals surface area contributed by atoms with Crippen LogP contribution in [0.4, 0.5) is 0 Å². The summed E-state index contributed by atoms with van der Waals surface area (Å²) in [6.45, 7) is 4.37. The largest absolute Gasteiger partial charge is 0.307 e. The van der Waals surface area contributed by atoms with E-state index in [4.69, 9.17) is 5.26 Å². The molecule has 1 aromatic rings. The molecule has 1 rings (SSSR count). The van der Waals surface area contributed by atoms with Crippen molar-refractivity contribution >= 4 is 23.1 Å². The summed E-state index contributed by atoms with van der Waals surface area (Å²) in [7, 11) is 0. The molecule has 2 atom stereocenters. The molecule has 0 aromatic carbocycles. The van der Waals surface area contributed by atoms with E-state index in [9.17, 15) is 0 Å². The van der Waals surface area contributed by atoms with Crippen molar-refractivity contribution < 1.29 is 0 Å². The Morgan fingerprint density at radius 1 is 1.50 bits per heavy atom. The van der Waals surface area contributed by atoms with Gasteiger partial charge in [-0.3, -0.25) is 0 Å². The highest BCUT2D eigenvalue weighted by atomic mass is 32.2. The number of rotatable bonds is 6. The number of nitrogens with one attached hydrogen (secondary N) is 1. The van der Waals surface area contributed by atoms with Gasteiger partial charge in [-0.05, 0) is 44.4 Å². The molecule has 16 heavy (non-hydrogen) atoms. The lowest BCUT2D eigenvalue weighted by atomic mass is 10.2. The van der Waals surface area contributed by atoms with Crippen LogP contribution >= 0.6 is 23.1 Å². The van der Waals surface area contributed by atoms with Gasteiger partial charge in [-0.25, -0.2) is 0 Å². The minimum absolute atomic E-state index is 0.337. The van der Waals surface area contributed by atoms with Gasteiger partial charge in [0.1, 0.15) is 10.9 Å². The van der Waals surface area contributed by atoms with Crippen LogP contribution in [-0.4, -0.2) is 18.1 Å². The fourth-order valence-electron chi connectivity index (χ4n) is 1.53. The van der Waals surface area contributed by atoms with Gasteiger partial charge in [0, 0.05) is 17.0 Å². The van der Waals surface area contributed by atoms with Crippen molar-refractivity contribution in [1.82, 2.24) is 5.32 Å². The van der Waals surface area contributed by atoms with Crippen LogP contribution in [0.15, 0.2) is 12.1 Å². The number of hydrogen-bond donors (Lipinski definition) is 1. The van der Waals surface area contributed by atoms with Crippen molar-refractivity contribution in [2.24, 2.45) is 0 Å². The van der Waals surface area contributed by atoms with Crippen molar-refractivity contribution in [3.63, 3.8) is 0 Å². The highest BCUT2D eigenvalue weighted by molar-refractivity contribution is 7.98. The summed E-state index contributed by atoms with van der Waals surface area (Å²) in [5, 5.41) is 12.3. The molecule has 0 bridgehead atoms. The standard InChI is InChI=1S/C12H18N2S2/c1-9(6-7-15-3)14-10(2)12-5-4-11(8-13)16-12/h4-5,9-10,14H,6-7H2,1-3H3. The van der Waals surface area contributed by atoms with E-state index in [2.05, 4.69) is 31.5 Å². The summed E-state index contributed by atoms with van der Waals surface area (Å²) >= 11 is 3.46. The fraction of sp³-hybridized carbons (Fsp3) is 0.583. The first-order valence-electron chi connectivity index (χ1n) is 5.42. The molecule has 0 saturated heterocycles.